The number of hydrogen-bond acceptors (Lipinski definition) is 7. The normalized spacial score (nSPS) is 26.4. The monoisotopic (exact) mass is 563 g/mol. The van der Waals surface area contributed by atoms with Crippen molar-refractivity contribution in [1.29, 1.82) is 0 Å². The summed E-state index contributed by atoms with van der Waals surface area (Å²) in [7, 11) is 0. The van der Waals surface area contributed by atoms with Crippen LogP contribution in [0.15, 0.2) is 36.4 Å². The van der Waals surface area contributed by atoms with E-state index in [-0.39, 0.29) is 17.9 Å². The molecule has 4 unspecified atom stereocenters. The molecule has 0 aliphatic carbocycles. The number of amides is 3. The van der Waals surface area contributed by atoms with Crippen LogP contribution in [0.25, 0.3) is 17.0 Å². The Labute approximate surface area is 241 Å². The molecule has 2 aliphatic rings. The molecule has 2 aliphatic heterocycles. The SMILES string of the molecule is CC1NC(=O)C(C(C)(C)C)OC(=O)C(C)(C)C=Cc2ccc3ccc(nc3c2)C(C)NC(=O)C2CCCN(N2)C1=O. The maximum Gasteiger partial charge on any atom is 0.316 e. The summed E-state index contributed by atoms with van der Waals surface area (Å²) >= 11 is 0. The number of nitrogens with zero attached hydrogens (tertiary/aromatic N) is 2. The molecule has 10 heteroatoms. The highest BCUT2D eigenvalue weighted by Gasteiger charge is 2.40. The summed E-state index contributed by atoms with van der Waals surface area (Å²) in [6.45, 7) is 12.7. The van der Waals surface area contributed by atoms with Gasteiger partial charge >= 0.3 is 5.97 Å². The smallest absolute Gasteiger partial charge is 0.316 e. The highest BCUT2D eigenvalue weighted by Crippen LogP contribution is 2.29. The molecular formula is C31H41N5O5. The Hall–Kier alpha value is -3.79. The van der Waals surface area contributed by atoms with Gasteiger partial charge in [0.15, 0.2) is 6.10 Å². The quantitative estimate of drug-likeness (QED) is 0.419. The topological polar surface area (TPSA) is 130 Å². The molecule has 4 atom stereocenters. The van der Waals surface area contributed by atoms with Gasteiger partial charge in [-0.3, -0.25) is 29.2 Å². The standard InChI is InChI=1S/C31H41N5O5/c1-18-22-13-12-21-11-10-20(17-24(21)34-22)14-15-31(6,7)29(40)41-25(30(3,4)5)27(38)33-19(2)28(39)36-16-8-9-23(35-36)26(37)32-18/h10-15,17-19,23,25,35H,8-9,16H2,1-7H3,(H,32,37)(H,33,38). The minimum absolute atomic E-state index is 0.238. The molecule has 3 amide bonds. The third-order valence-corrected chi connectivity index (χ3v) is 7.51. The summed E-state index contributed by atoms with van der Waals surface area (Å²) in [6.07, 6.45) is 3.62. The van der Waals surface area contributed by atoms with Crippen molar-refractivity contribution in [3.63, 3.8) is 0 Å². The van der Waals surface area contributed by atoms with Crippen LogP contribution in [0.3, 0.4) is 0 Å². The van der Waals surface area contributed by atoms with Gasteiger partial charge in [-0.2, -0.15) is 0 Å². The molecule has 5 bridgehead atoms. The van der Waals surface area contributed by atoms with E-state index in [2.05, 4.69) is 16.1 Å². The summed E-state index contributed by atoms with van der Waals surface area (Å²) in [4.78, 5) is 57.9. The Morgan fingerprint density at radius 2 is 1.66 bits per heavy atom. The fourth-order valence-corrected chi connectivity index (χ4v) is 4.86. The van der Waals surface area contributed by atoms with Crippen molar-refractivity contribution in [2.45, 2.75) is 85.5 Å². The molecule has 0 spiro atoms. The van der Waals surface area contributed by atoms with E-state index in [0.717, 1.165) is 16.5 Å². The van der Waals surface area contributed by atoms with E-state index in [0.29, 0.717) is 25.1 Å². The first-order chi connectivity index (χ1) is 19.2. The first kappa shape index (κ1) is 30.2. The zero-order valence-corrected chi connectivity index (χ0v) is 24.9. The first-order valence-electron chi connectivity index (χ1n) is 14.1. The van der Waals surface area contributed by atoms with Crippen LogP contribution >= 0.6 is 0 Å². The Balaban J connectivity index is 1.72. The van der Waals surface area contributed by atoms with Gasteiger partial charge in [-0.05, 0) is 58.2 Å². The molecule has 1 aromatic carbocycles. The lowest BCUT2D eigenvalue weighted by molar-refractivity contribution is -0.169. The molecule has 1 aromatic heterocycles. The molecule has 3 heterocycles. The summed E-state index contributed by atoms with van der Waals surface area (Å²) < 4.78 is 5.80. The fraction of sp³-hybridized carbons (Fsp3) is 0.516. The number of pyridine rings is 1. The van der Waals surface area contributed by atoms with Crippen LogP contribution in [-0.4, -0.2) is 58.4 Å². The third kappa shape index (κ3) is 6.93. The van der Waals surface area contributed by atoms with Crippen LogP contribution in [0, 0.1) is 10.8 Å². The molecule has 10 nitrogen and oxygen atoms in total. The zero-order chi connectivity index (χ0) is 30.1. The first-order valence-corrected chi connectivity index (χ1v) is 14.1. The number of carbonyl (C=O) groups is 4. The number of hydrazine groups is 1. The van der Waals surface area contributed by atoms with Gasteiger partial charge in [-0.15, -0.1) is 0 Å². The van der Waals surface area contributed by atoms with Gasteiger partial charge in [0.2, 0.25) is 5.91 Å². The molecule has 0 saturated carbocycles. The van der Waals surface area contributed by atoms with Crippen molar-refractivity contribution >= 4 is 40.7 Å². The van der Waals surface area contributed by atoms with E-state index in [1.807, 2.05) is 43.3 Å². The van der Waals surface area contributed by atoms with E-state index >= 15 is 0 Å². The average Bonchev–Trinajstić information content (AvgIpc) is 2.92. The van der Waals surface area contributed by atoms with Crippen molar-refractivity contribution in [2.24, 2.45) is 10.8 Å². The largest absolute Gasteiger partial charge is 0.451 e. The number of ether oxygens (including phenoxy) is 1. The van der Waals surface area contributed by atoms with Crippen molar-refractivity contribution in [2.75, 3.05) is 6.54 Å². The second-order valence-corrected chi connectivity index (χ2v) is 12.7. The molecule has 3 N–H and O–H groups in total. The number of nitrogens with one attached hydrogen (secondary N) is 3. The van der Waals surface area contributed by atoms with Gasteiger partial charge in [0, 0.05) is 17.3 Å². The second kappa shape index (κ2) is 11.6. The highest BCUT2D eigenvalue weighted by atomic mass is 16.6. The van der Waals surface area contributed by atoms with Gasteiger partial charge in [0.1, 0.15) is 12.1 Å². The molecule has 1 fully saturated rings. The molecule has 1 saturated heterocycles. The minimum atomic E-state index is -1.13. The molecule has 4 rings (SSSR count). The fourth-order valence-electron chi connectivity index (χ4n) is 4.86. The van der Waals surface area contributed by atoms with Gasteiger partial charge < -0.3 is 15.4 Å². The van der Waals surface area contributed by atoms with Crippen LogP contribution in [-0.2, 0) is 23.9 Å². The number of benzene rings is 1. The van der Waals surface area contributed by atoms with E-state index in [9.17, 15) is 19.2 Å². The lowest BCUT2D eigenvalue weighted by Gasteiger charge is -2.36. The van der Waals surface area contributed by atoms with E-state index in [1.165, 1.54) is 5.01 Å². The van der Waals surface area contributed by atoms with Crippen LogP contribution < -0.4 is 16.1 Å². The van der Waals surface area contributed by atoms with E-state index in [1.54, 1.807) is 47.6 Å². The molecule has 2 aromatic rings. The zero-order valence-electron chi connectivity index (χ0n) is 24.9. The highest BCUT2D eigenvalue weighted by molar-refractivity contribution is 5.92. The molecule has 41 heavy (non-hydrogen) atoms. The van der Waals surface area contributed by atoms with Gasteiger partial charge in [-0.1, -0.05) is 51.1 Å². The van der Waals surface area contributed by atoms with Crippen LogP contribution in [0.2, 0.25) is 0 Å². The van der Waals surface area contributed by atoms with E-state index in [4.69, 9.17) is 9.72 Å². The number of hydrogen-bond donors (Lipinski definition) is 3. The molecule has 0 radical (unpaired) electrons. The summed E-state index contributed by atoms with van der Waals surface area (Å²) in [6, 6.07) is 7.76. The van der Waals surface area contributed by atoms with Crippen molar-refractivity contribution in [1.82, 2.24) is 26.1 Å². The Morgan fingerprint density at radius 1 is 0.976 bits per heavy atom. The van der Waals surface area contributed by atoms with Gasteiger partial charge in [0.25, 0.3) is 11.8 Å². The predicted molar refractivity (Wildman–Crippen MR) is 156 cm³/mol. The summed E-state index contributed by atoms with van der Waals surface area (Å²) in [5, 5.41) is 8.06. The Morgan fingerprint density at radius 3 is 2.37 bits per heavy atom. The number of rotatable bonds is 0. The number of esters is 1. The second-order valence-electron chi connectivity index (χ2n) is 12.7. The summed E-state index contributed by atoms with van der Waals surface area (Å²) in [5.41, 5.74) is 3.55. The summed E-state index contributed by atoms with van der Waals surface area (Å²) in [5.74, 6) is -1.75. The number of carbonyl (C=O) groups excluding carboxylic acids is 4. The lowest BCUT2D eigenvalue weighted by Crippen LogP contribution is -2.61. The molecule has 220 valence electrons. The number of cyclic esters (lactones) is 1. The average molecular weight is 564 g/mol. The van der Waals surface area contributed by atoms with Gasteiger partial charge in [-0.25, -0.2) is 5.43 Å². The minimum Gasteiger partial charge on any atom is -0.451 e. The van der Waals surface area contributed by atoms with Crippen LogP contribution in [0.5, 0.6) is 0 Å². The maximum absolute atomic E-state index is 13.4. The Bertz CT molecular complexity index is 1380. The predicted octanol–water partition coefficient (Wildman–Crippen LogP) is 3.42. The van der Waals surface area contributed by atoms with Crippen LogP contribution in [0.1, 0.15) is 78.6 Å². The molecular weight excluding hydrogens is 522 g/mol. The third-order valence-electron chi connectivity index (χ3n) is 7.51. The van der Waals surface area contributed by atoms with Crippen molar-refractivity contribution in [3.8, 4) is 0 Å². The van der Waals surface area contributed by atoms with Crippen LogP contribution in [0.4, 0.5) is 0 Å². The van der Waals surface area contributed by atoms with E-state index < -0.39 is 40.9 Å². The number of fused-ring (bicyclic) bond motifs is 4. The lowest BCUT2D eigenvalue weighted by atomic mass is 9.87. The Kier molecular flexibility index (Phi) is 8.54. The van der Waals surface area contributed by atoms with Crippen molar-refractivity contribution < 1.29 is 23.9 Å². The van der Waals surface area contributed by atoms with Gasteiger partial charge in [0.05, 0.1) is 22.7 Å². The van der Waals surface area contributed by atoms with Crippen molar-refractivity contribution in [3.05, 3.63) is 47.7 Å². The number of aromatic nitrogens is 1. The maximum atomic E-state index is 13.4.